The number of ether oxygens (including phenoxy) is 2. The van der Waals surface area contributed by atoms with Crippen molar-refractivity contribution >= 4 is 15.9 Å². The lowest BCUT2D eigenvalue weighted by atomic mass is 10.00. The first kappa shape index (κ1) is 29.4. The van der Waals surface area contributed by atoms with E-state index in [1.807, 2.05) is 6.92 Å². The summed E-state index contributed by atoms with van der Waals surface area (Å²) in [5.74, 6) is 6.54. The van der Waals surface area contributed by atoms with Gasteiger partial charge in [-0.3, -0.25) is 4.79 Å². The number of likely N-dealkylation sites (N-methyl/N-ethyl adjacent to an activating group) is 1. The molecular weight excluding hydrogens is 506 g/mol. The zero-order valence-corrected chi connectivity index (χ0v) is 23.7. The number of sulfonamides is 1. The zero-order valence-electron chi connectivity index (χ0n) is 22.8. The molecule has 1 N–H and O–H groups in total. The Morgan fingerprint density at radius 1 is 1.29 bits per heavy atom. The Labute approximate surface area is 225 Å². The molecule has 38 heavy (non-hydrogen) atoms. The highest BCUT2D eigenvalue weighted by Gasteiger charge is 2.36. The van der Waals surface area contributed by atoms with Crippen molar-refractivity contribution in [2.24, 2.45) is 11.8 Å². The third-order valence-corrected chi connectivity index (χ3v) is 8.27. The number of aromatic nitrogens is 1. The first-order valence-electron chi connectivity index (χ1n) is 12.7. The van der Waals surface area contributed by atoms with E-state index in [-0.39, 0.29) is 47.9 Å². The largest absolute Gasteiger partial charge is 0.497 e. The number of nitrogens with zero attached hydrogens (tertiary/aromatic N) is 3. The number of carbonyl (C=O) groups excluding carboxylic acids is 1. The number of pyridine rings is 1. The van der Waals surface area contributed by atoms with Crippen molar-refractivity contribution in [2.75, 3.05) is 33.9 Å². The molecule has 3 rings (SSSR count). The summed E-state index contributed by atoms with van der Waals surface area (Å²) in [7, 11) is -0.879. The van der Waals surface area contributed by atoms with Crippen LogP contribution >= 0.6 is 0 Å². The van der Waals surface area contributed by atoms with Gasteiger partial charge in [0.15, 0.2) is 0 Å². The van der Waals surface area contributed by atoms with Crippen LogP contribution in [0, 0.1) is 23.7 Å². The van der Waals surface area contributed by atoms with Gasteiger partial charge in [-0.2, -0.15) is 4.31 Å². The van der Waals surface area contributed by atoms with Crippen LogP contribution in [0.4, 0.5) is 0 Å². The van der Waals surface area contributed by atoms with Crippen LogP contribution in [-0.4, -0.2) is 79.6 Å². The number of methoxy groups -OCH3 is 1. The molecular formula is C28H37N3O6S. The van der Waals surface area contributed by atoms with Crippen LogP contribution in [0.25, 0.3) is 0 Å². The first-order valence-corrected chi connectivity index (χ1v) is 14.1. The summed E-state index contributed by atoms with van der Waals surface area (Å²) in [5, 5.41) is 9.85. The molecule has 1 aromatic heterocycles. The molecule has 0 bridgehead atoms. The monoisotopic (exact) mass is 543 g/mol. The second-order valence-corrected chi connectivity index (χ2v) is 12.1. The van der Waals surface area contributed by atoms with Crippen LogP contribution in [-0.2, 0) is 10.0 Å². The predicted octanol–water partition coefficient (Wildman–Crippen LogP) is 3.03. The molecule has 0 radical (unpaired) electrons. The number of hydrogen-bond acceptors (Lipinski definition) is 7. The quantitative estimate of drug-likeness (QED) is 0.510. The summed E-state index contributed by atoms with van der Waals surface area (Å²) in [4.78, 5) is 19.6. The molecule has 3 atom stereocenters. The van der Waals surface area contributed by atoms with E-state index in [0.717, 1.165) is 0 Å². The second-order valence-electron chi connectivity index (χ2n) is 10.1. The smallest absolute Gasteiger partial charge is 0.259 e. The number of amides is 1. The van der Waals surface area contributed by atoms with Crippen LogP contribution in [0.15, 0.2) is 41.4 Å². The van der Waals surface area contributed by atoms with Gasteiger partial charge in [0.1, 0.15) is 17.4 Å². The van der Waals surface area contributed by atoms with Crippen LogP contribution < -0.4 is 9.47 Å². The molecule has 2 aromatic rings. The molecule has 0 aliphatic carbocycles. The third-order valence-electron chi connectivity index (χ3n) is 6.45. The lowest BCUT2D eigenvalue weighted by Crippen LogP contribution is -2.50. The molecule has 0 saturated heterocycles. The maximum Gasteiger partial charge on any atom is 0.259 e. The summed E-state index contributed by atoms with van der Waals surface area (Å²) in [6.45, 7) is 7.87. The lowest BCUT2D eigenvalue weighted by molar-refractivity contribution is 0.0373. The van der Waals surface area contributed by atoms with Crippen molar-refractivity contribution < 1.29 is 27.8 Å². The minimum atomic E-state index is -3.85. The van der Waals surface area contributed by atoms with Gasteiger partial charge in [-0.25, -0.2) is 13.4 Å². The van der Waals surface area contributed by atoms with Crippen molar-refractivity contribution in [2.45, 2.75) is 51.2 Å². The molecule has 9 nitrogen and oxygen atoms in total. The summed E-state index contributed by atoms with van der Waals surface area (Å²) >= 11 is 0. The number of aliphatic hydroxyl groups excluding tert-OH is 1. The maximum atomic E-state index is 13.5. The molecule has 0 saturated carbocycles. The summed E-state index contributed by atoms with van der Waals surface area (Å²) in [6.07, 6.45) is 1.65. The summed E-state index contributed by atoms with van der Waals surface area (Å²) < 4.78 is 39.3. The molecule has 0 fully saturated rings. The van der Waals surface area contributed by atoms with E-state index >= 15 is 0 Å². The molecule has 0 unspecified atom stereocenters. The van der Waals surface area contributed by atoms with Gasteiger partial charge in [0.25, 0.3) is 5.91 Å². The highest BCUT2D eigenvalue weighted by atomic mass is 32.2. The minimum absolute atomic E-state index is 0.0211. The molecule has 0 spiro atoms. The van der Waals surface area contributed by atoms with Gasteiger partial charge in [-0.05, 0) is 31.0 Å². The standard InChI is InChI=1S/C28H37N3O6S/c1-19(2)9-7-10-22-13-25-27(29-15-22)37-26(20(3)16-31(28(25)33)21(4)18-32)17-30(5)38(34,35)24-12-8-11-23(14-24)36-6/h8,11-15,19-21,26,32H,9,16-18H2,1-6H3/t20-,21+,26+/m0/s1. The average molecular weight is 544 g/mol. The maximum absolute atomic E-state index is 13.5. The van der Waals surface area contributed by atoms with Crippen LogP contribution in [0.2, 0.25) is 0 Å². The number of hydrogen-bond donors (Lipinski definition) is 1. The normalized spacial score (nSPS) is 18.7. The van der Waals surface area contributed by atoms with E-state index in [2.05, 4.69) is 30.7 Å². The van der Waals surface area contributed by atoms with Gasteiger partial charge in [0.05, 0.1) is 31.2 Å². The number of benzene rings is 1. The fourth-order valence-electron chi connectivity index (χ4n) is 4.04. The van der Waals surface area contributed by atoms with Crippen molar-refractivity contribution in [1.82, 2.24) is 14.2 Å². The second kappa shape index (κ2) is 12.6. The van der Waals surface area contributed by atoms with Crippen molar-refractivity contribution in [1.29, 1.82) is 0 Å². The summed E-state index contributed by atoms with van der Waals surface area (Å²) in [5.41, 5.74) is 0.817. The molecule has 1 aromatic carbocycles. The summed E-state index contributed by atoms with van der Waals surface area (Å²) in [6, 6.07) is 7.48. The Morgan fingerprint density at radius 2 is 2.03 bits per heavy atom. The number of fused-ring (bicyclic) bond motifs is 1. The van der Waals surface area contributed by atoms with Crippen LogP contribution in [0.5, 0.6) is 11.6 Å². The van der Waals surface area contributed by atoms with Gasteiger partial charge < -0.3 is 19.5 Å². The number of carbonyl (C=O) groups is 1. The van der Waals surface area contributed by atoms with E-state index in [1.165, 1.54) is 30.6 Å². The van der Waals surface area contributed by atoms with E-state index < -0.39 is 22.2 Å². The van der Waals surface area contributed by atoms with Crippen LogP contribution in [0.1, 0.15) is 50.0 Å². The Morgan fingerprint density at radius 3 is 2.68 bits per heavy atom. The van der Waals surface area contributed by atoms with Crippen molar-refractivity contribution in [3.63, 3.8) is 0 Å². The van der Waals surface area contributed by atoms with Gasteiger partial charge in [0.2, 0.25) is 15.9 Å². The topological polar surface area (TPSA) is 109 Å². The van der Waals surface area contributed by atoms with Gasteiger partial charge >= 0.3 is 0 Å². The minimum Gasteiger partial charge on any atom is -0.497 e. The SMILES string of the molecule is COc1cccc(S(=O)(=O)N(C)C[C@H]2Oc3ncc(C#CCC(C)C)cc3C(=O)N([C@H](C)CO)C[C@@H]2C)c1. The van der Waals surface area contributed by atoms with E-state index in [1.54, 1.807) is 36.2 Å². The predicted molar refractivity (Wildman–Crippen MR) is 145 cm³/mol. The van der Waals surface area contributed by atoms with Crippen molar-refractivity contribution in [3.05, 3.63) is 47.7 Å². The van der Waals surface area contributed by atoms with Crippen molar-refractivity contribution in [3.8, 4) is 23.5 Å². The molecule has 1 aliphatic rings. The number of aliphatic hydroxyl groups is 1. The van der Waals surface area contributed by atoms with E-state index in [4.69, 9.17) is 9.47 Å². The fraction of sp³-hybridized carbons (Fsp3) is 0.500. The Bertz CT molecular complexity index is 1300. The Balaban J connectivity index is 1.97. The highest BCUT2D eigenvalue weighted by Crippen LogP contribution is 2.28. The van der Waals surface area contributed by atoms with Gasteiger partial charge in [0, 0.05) is 43.8 Å². The van der Waals surface area contributed by atoms with E-state index in [0.29, 0.717) is 23.7 Å². The average Bonchev–Trinajstić information content (AvgIpc) is 2.90. The third kappa shape index (κ3) is 6.84. The van der Waals surface area contributed by atoms with Gasteiger partial charge in [-0.1, -0.05) is 38.7 Å². The molecule has 1 aliphatic heterocycles. The Kier molecular flexibility index (Phi) is 9.77. The lowest BCUT2D eigenvalue weighted by Gasteiger charge is -2.37. The molecule has 2 heterocycles. The highest BCUT2D eigenvalue weighted by molar-refractivity contribution is 7.89. The first-order chi connectivity index (χ1) is 18.0. The van der Waals surface area contributed by atoms with Gasteiger partial charge in [-0.15, -0.1) is 0 Å². The number of rotatable bonds is 8. The molecule has 10 heteroatoms. The van der Waals surface area contributed by atoms with Crippen LogP contribution in [0.3, 0.4) is 0 Å². The Hall–Kier alpha value is -3.13. The molecule has 206 valence electrons. The fourth-order valence-corrected chi connectivity index (χ4v) is 5.26. The zero-order chi connectivity index (χ0) is 28.0. The molecule has 1 amide bonds. The van der Waals surface area contributed by atoms with E-state index in [9.17, 15) is 18.3 Å².